The number of halogens is 1. The van der Waals surface area contributed by atoms with Gasteiger partial charge in [0.1, 0.15) is 17.3 Å². The molecule has 0 heterocycles. The van der Waals surface area contributed by atoms with Gasteiger partial charge in [-0.25, -0.2) is 9.82 Å². The van der Waals surface area contributed by atoms with Crippen molar-refractivity contribution in [1.82, 2.24) is 5.43 Å². The molecule has 0 unspecified atom stereocenters. The van der Waals surface area contributed by atoms with Crippen LogP contribution in [0.1, 0.15) is 12.5 Å². The summed E-state index contributed by atoms with van der Waals surface area (Å²) in [5.74, 6) is 0.402. The Morgan fingerprint density at radius 2 is 1.70 bits per heavy atom. The quantitative estimate of drug-likeness (QED) is 0.658. The highest BCUT2D eigenvalue weighted by atomic mass is 19.1. The van der Waals surface area contributed by atoms with Crippen molar-refractivity contribution in [1.29, 1.82) is 0 Å². The number of rotatable bonds is 6. The van der Waals surface area contributed by atoms with Crippen LogP contribution in [-0.4, -0.2) is 25.3 Å². The first-order valence-corrected chi connectivity index (χ1v) is 6.94. The molecule has 1 N–H and O–H groups in total. The summed E-state index contributed by atoms with van der Waals surface area (Å²) in [5.41, 5.74) is 3.93. The Morgan fingerprint density at radius 1 is 1.09 bits per heavy atom. The third-order valence-corrected chi connectivity index (χ3v) is 3.04. The number of hydrogen-bond acceptors (Lipinski definition) is 4. The van der Waals surface area contributed by atoms with Gasteiger partial charge in [0, 0.05) is 0 Å². The lowest BCUT2D eigenvalue weighted by atomic mass is 10.1. The lowest BCUT2D eigenvalue weighted by Crippen LogP contribution is -2.25. The van der Waals surface area contributed by atoms with Gasteiger partial charge in [-0.15, -0.1) is 0 Å². The SMILES string of the molecule is COc1ccc(/C(C)=N/NC(=O)COc2ccc(F)cc2)cc1. The highest BCUT2D eigenvalue weighted by molar-refractivity contribution is 5.99. The summed E-state index contributed by atoms with van der Waals surface area (Å²) < 4.78 is 23.0. The van der Waals surface area contributed by atoms with Gasteiger partial charge in [-0.1, -0.05) is 0 Å². The number of methoxy groups -OCH3 is 1. The fraction of sp³-hybridized carbons (Fsp3) is 0.176. The van der Waals surface area contributed by atoms with Crippen molar-refractivity contribution in [2.75, 3.05) is 13.7 Å². The van der Waals surface area contributed by atoms with E-state index in [0.717, 1.165) is 11.3 Å². The summed E-state index contributed by atoms with van der Waals surface area (Å²) in [4.78, 5) is 11.7. The van der Waals surface area contributed by atoms with Crippen LogP contribution in [-0.2, 0) is 4.79 Å². The van der Waals surface area contributed by atoms with Crippen LogP contribution >= 0.6 is 0 Å². The molecule has 0 aliphatic heterocycles. The highest BCUT2D eigenvalue weighted by Crippen LogP contribution is 2.12. The summed E-state index contributed by atoms with van der Waals surface area (Å²) in [6.07, 6.45) is 0. The van der Waals surface area contributed by atoms with Gasteiger partial charge < -0.3 is 9.47 Å². The standard InChI is InChI=1S/C17H17FN2O3/c1-12(13-3-7-15(22-2)8-4-13)19-20-17(21)11-23-16-9-5-14(18)6-10-16/h3-10H,11H2,1-2H3,(H,20,21)/b19-12+. The van der Waals surface area contributed by atoms with E-state index in [4.69, 9.17) is 9.47 Å². The van der Waals surface area contributed by atoms with Crippen molar-refractivity contribution in [3.8, 4) is 11.5 Å². The molecule has 0 atom stereocenters. The van der Waals surface area contributed by atoms with Gasteiger partial charge in [-0.05, 0) is 61.0 Å². The Balaban J connectivity index is 1.85. The molecular weight excluding hydrogens is 299 g/mol. The molecule has 1 amide bonds. The number of hydrazone groups is 1. The molecule has 2 rings (SSSR count). The van der Waals surface area contributed by atoms with Crippen LogP contribution in [0, 0.1) is 5.82 Å². The lowest BCUT2D eigenvalue weighted by molar-refractivity contribution is -0.123. The normalized spacial score (nSPS) is 11.0. The number of nitrogens with zero attached hydrogens (tertiary/aromatic N) is 1. The number of carbonyl (C=O) groups is 1. The average molecular weight is 316 g/mol. The molecule has 0 fully saturated rings. The second-order valence-electron chi connectivity index (χ2n) is 4.70. The predicted molar refractivity (Wildman–Crippen MR) is 85.2 cm³/mol. The van der Waals surface area contributed by atoms with Crippen LogP contribution in [0.4, 0.5) is 4.39 Å². The van der Waals surface area contributed by atoms with E-state index < -0.39 is 5.91 Å². The topological polar surface area (TPSA) is 59.9 Å². The van der Waals surface area contributed by atoms with Gasteiger partial charge in [0.15, 0.2) is 6.61 Å². The minimum absolute atomic E-state index is 0.203. The number of nitrogens with one attached hydrogen (secondary N) is 1. The molecule has 0 bridgehead atoms. The third kappa shape index (κ3) is 5.10. The smallest absolute Gasteiger partial charge is 0.277 e. The first-order chi connectivity index (χ1) is 11.1. The van der Waals surface area contributed by atoms with Gasteiger partial charge in [0.25, 0.3) is 5.91 Å². The monoisotopic (exact) mass is 316 g/mol. The second-order valence-corrected chi connectivity index (χ2v) is 4.70. The van der Waals surface area contributed by atoms with E-state index >= 15 is 0 Å². The number of benzene rings is 2. The van der Waals surface area contributed by atoms with Crippen molar-refractivity contribution < 1.29 is 18.7 Å². The van der Waals surface area contributed by atoms with Crippen LogP contribution in [0.15, 0.2) is 53.6 Å². The summed E-state index contributed by atoms with van der Waals surface area (Å²) in [6, 6.07) is 12.8. The van der Waals surface area contributed by atoms with E-state index in [1.54, 1.807) is 14.0 Å². The van der Waals surface area contributed by atoms with Gasteiger partial charge in [0.2, 0.25) is 0 Å². The minimum Gasteiger partial charge on any atom is -0.497 e. The first-order valence-electron chi connectivity index (χ1n) is 6.94. The lowest BCUT2D eigenvalue weighted by Gasteiger charge is -2.06. The van der Waals surface area contributed by atoms with E-state index in [2.05, 4.69) is 10.5 Å². The summed E-state index contributed by atoms with van der Waals surface area (Å²) >= 11 is 0. The number of hydrogen-bond donors (Lipinski definition) is 1. The van der Waals surface area contributed by atoms with Gasteiger partial charge in [0.05, 0.1) is 12.8 Å². The molecule has 120 valence electrons. The molecule has 2 aromatic rings. The number of carbonyl (C=O) groups excluding carboxylic acids is 1. The maximum absolute atomic E-state index is 12.7. The molecule has 0 saturated carbocycles. The zero-order valence-electron chi connectivity index (χ0n) is 12.9. The fourth-order valence-corrected chi connectivity index (χ4v) is 1.75. The van der Waals surface area contributed by atoms with Crippen molar-refractivity contribution in [2.45, 2.75) is 6.92 Å². The minimum atomic E-state index is -0.401. The third-order valence-electron chi connectivity index (χ3n) is 3.04. The van der Waals surface area contributed by atoms with E-state index in [1.165, 1.54) is 24.3 Å². The highest BCUT2D eigenvalue weighted by Gasteiger charge is 2.03. The first kappa shape index (κ1) is 16.5. The van der Waals surface area contributed by atoms with Crippen molar-refractivity contribution in [3.05, 3.63) is 59.9 Å². The summed E-state index contributed by atoms with van der Waals surface area (Å²) in [6.45, 7) is 1.58. The molecule has 2 aromatic carbocycles. The van der Waals surface area contributed by atoms with Crippen molar-refractivity contribution >= 4 is 11.6 Å². The molecule has 23 heavy (non-hydrogen) atoms. The maximum Gasteiger partial charge on any atom is 0.277 e. The molecule has 6 heteroatoms. The number of amides is 1. The molecule has 0 spiro atoms. The number of ether oxygens (including phenoxy) is 2. The van der Waals surface area contributed by atoms with Crippen LogP contribution in [0.25, 0.3) is 0 Å². The average Bonchev–Trinajstić information content (AvgIpc) is 2.59. The van der Waals surface area contributed by atoms with Crippen molar-refractivity contribution in [3.63, 3.8) is 0 Å². The Kier molecular flexibility index (Phi) is 5.68. The Bertz CT molecular complexity index is 682. The maximum atomic E-state index is 12.7. The van der Waals surface area contributed by atoms with Crippen molar-refractivity contribution in [2.24, 2.45) is 5.10 Å². The van der Waals surface area contributed by atoms with Gasteiger partial charge >= 0.3 is 0 Å². The Hall–Kier alpha value is -2.89. The predicted octanol–water partition coefficient (Wildman–Crippen LogP) is 2.75. The summed E-state index contributed by atoms with van der Waals surface area (Å²) in [5, 5.41) is 4.01. The molecular formula is C17H17FN2O3. The Labute approximate surface area is 133 Å². The largest absolute Gasteiger partial charge is 0.497 e. The van der Waals surface area contributed by atoms with Gasteiger partial charge in [-0.2, -0.15) is 5.10 Å². The van der Waals surface area contributed by atoms with Crippen LogP contribution in [0.3, 0.4) is 0 Å². The van der Waals surface area contributed by atoms with Crippen LogP contribution in [0.2, 0.25) is 0 Å². The van der Waals surface area contributed by atoms with E-state index in [-0.39, 0.29) is 12.4 Å². The fourth-order valence-electron chi connectivity index (χ4n) is 1.75. The van der Waals surface area contributed by atoms with E-state index in [9.17, 15) is 9.18 Å². The zero-order chi connectivity index (χ0) is 16.7. The molecule has 0 aliphatic rings. The molecule has 0 saturated heterocycles. The van der Waals surface area contributed by atoms with Gasteiger partial charge in [-0.3, -0.25) is 4.79 Å². The molecule has 5 nitrogen and oxygen atoms in total. The zero-order valence-corrected chi connectivity index (χ0v) is 12.9. The van der Waals surface area contributed by atoms with E-state index in [0.29, 0.717) is 11.5 Å². The van der Waals surface area contributed by atoms with Crippen LogP contribution < -0.4 is 14.9 Å². The molecule has 0 aliphatic carbocycles. The Morgan fingerprint density at radius 3 is 2.30 bits per heavy atom. The summed E-state index contributed by atoms with van der Waals surface area (Å²) in [7, 11) is 1.59. The molecule has 0 radical (unpaired) electrons. The van der Waals surface area contributed by atoms with E-state index in [1.807, 2.05) is 24.3 Å². The molecule has 0 aromatic heterocycles. The van der Waals surface area contributed by atoms with Crippen LogP contribution in [0.5, 0.6) is 11.5 Å². The second kappa shape index (κ2) is 7.93.